The fourth-order valence-corrected chi connectivity index (χ4v) is 5.73. The summed E-state index contributed by atoms with van der Waals surface area (Å²) in [6.07, 6.45) is -15.8. The normalized spacial score (nSPS) is 36.1. The standard InChI is InChI=1S/C32H40O14/c1-12(2)5-10-17-18(34)11-19(35)20-23(38)29(27(44-28(17)20)15-6-8-16(33)9-7-15)45-32-30(25(40)22(37)14(4)43-32)46-31-26(41)24(39)21(36)13(3)42-31/h5-9,11,13-14,21-22,24-27,29-37,39-41H,10H2,1-4H3/t13-,14+,21+,22+,24-,25-,26-,27-,29-,30+,31+,32+/m0/s1. The molecule has 0 saturated carbocycles. The van der Waals surface area contributed by atoms with Gasteiger partial charge in [0.2, 0.25) is 5.78 Å². The second-order valence-electron chi connectivity index (χ2n) is 12.1. The van der Waals surface area contributed by atoms with E-state index in [1.807, 2.05) is 19.9 Å². The lowest BCUT2D eigenvalue weighted by Crippen LogP contribution is -2.64. The predicted octanol–water partition coefficient (Wildman–Crippen LogP) is 0.693. The molecule has 3 aliphatic rings. The SMILES string of the molecule is CC(C)=CCc1c(O)cc(O)c2c1O[C@@H](c1ccc(O)cc1)[C@@H](O[C@H]1O[C@H](C)[C@@H](O)[C@H](O)[C@H]1O[C@H]1O[C@@H](C)[C@@H](O)[C@H](O)[C@@H]1O)C2=O. The number of hydrogen-bond acceptors (Lipinski definition) is 14. The fraction of sp³-hybridized carbons (Fsp3) is 0.531. The molecule has 2 saturated heterocycles. The molecule has 2 fully saturated rings. The van der Waals surface area contributed by atoms with Crippen LogP contribution in [0.25, 0.3) is 0 Å². The molecule has 46 heavy (non-hydrogen) atoms. The van der Waals surface area contributed by atoms with Crippen LogP contribution >= 0.6 is 0 Å². The minimum Gasteiger partial charge on any atom is -0.508 e. The molecule has 0 aromatic heterocycles. The number of allylic oxidation sites excluding steroid dienone is 2. The largest absolute Gasteiger partial charge is 0.508 e. The molecule has 8 N–H and O–H groups in total. The van der Waals surface area contributed by atoms with Crippen LogP contribution < -0.4 is 4.74 Å². The number of benzene rings is 2. The fourth-order valence-electron chi connectivity index (χ4n) is 5.73. The van der Waals surface area contributed by atoms with Gasteiger partial charge in [0.25, 0.3) is 0 Å². The Morgan fingerprint density at radius 2 is 1.41 bits per heavy atom. The summed E-state index contributed by atoms with van der Waals surface area (Å²) in [5, 5.41) is 84.1. The lowest BCUT2D eigenvalue weighted by Gasteiger charge is -2.46. The number of hydrogen-bond donors (Lipinski definition) is 8. The number of aliphatic hydroxyl groups excluding tert-OH is 5. The summed E-state index contributed by atoms with van der Waals surface area (Å²) < 4.78 is 29.7. The van der Waals surface area contributed by atoms with Gasteiger partial charge in [-0.1, -0.05) is 23.8 Å². The first-order valence-electron chi connectivity index (χ1n) is 14.9. The maximum Gasteiger partial charge on any atom is 0.203 e. The molecule has 3 heterocycles. The first-order chi connectivity index (χ1) is 21.7. The second-order valence-corrected chi connectivity index (χ2v) is 12.1. The van der Waals surface area contributed by atoms with Crippen LogP contribution in [0.15, 0.2) is 42.0 Å². The number of phenols is 3. The number of carbonyl (C=O) groups excluding carboxylic acids is 1. The summed E-state index contributed by atoms with van der Waals surface area (Å²) >= 11 is 0. The third kappa shape index (κ3) is 6.45. The van der Waals surface area contributed by atoms with Gasteiger partial charge in [0, 0.05) is 11.6 Å². The third-order valence-electron chi connectivity index (χ3n) is 8.47. The summed E-state index contributed by atoms with van der Waals surface area (Å²) in [6, 6.07) is 6.75. The van der Waals surface area contributed by atoms with Gasteiger partial charge in [-0.3, -0.25) is 4.79 Å². The molecule has 5 rings (SSSR count). The van der Waals surface area contributed by atoms with Crippen LogP contribution in [0, 0.1) is 0 Å². The highest BCUT2D eigenvalue weighted by Crippen LogP contribution is 2.47. The van der Waals surface area contributed by atoms with E-state index < -0.39 is 85.2 Å². The van der Waals surface area contributed by atoms with Gasteiger partial charge in [-0.2, -0.15) is 0 Å². The lowest BCUT2D eigenvalue weighted by molar-refractivity contribution is -0.366. The molecule has 0 amide bonds. The third-order valence-corrected chi connectivity index (χ3v) is 8.47. The van der Waals surface area contributed by atoms with E-state index in [2.05, 4.69) is 0 Å². The van der Waals surface area contributed by atoms with Crippen LogP contribution in [-0.4, -0.2) is 114 Å². The molecule has 0 bridgehead atoms. The van der Waals surface area contributed by atoms with Gasteiger partial charge < -0.3 is 64.5 Å². The van der Waals surface area contributed by atoms with E-state index in [0.29, 0.717) is 5.56 Å². The number of Topliss-reactive ketones (excluding diaryl/α,β-unsaturated/α-hetero) is 1. The van der Waals surface area contributed by atoms with E-state index in [4.69, 9.17) is 23.7 Å². The van der Waals surface area contributed by atoms with Crippen LogP contribution in [0.5, 0.6) is 23.0 Å². The zero-order valence-electron chi connectivity index (χ0n) is 25.6. The average molecular weight is 649 g/mol. The number of carbonyl (C=O) groups is 1. The lowest BCUT2D eigenvalue weighted by atomic mass is 9.89. The van der Waals surface area contributed by atoms with Gasteiger partial charge in [-0.25, -0.2) is 0 Å². The van der Waals surface area contributed by atoms with Gasteiger partial charge in [-0.15, -0.1) is 0 Å². The summed E-state index contributed by atoms with van der Waals surface area (Å²) in [5.74, 6) is -1.78. The molecule has 0 aliphatic carbocycles. The van der Waals surface area contributed by atoms with E-state index in [-0.39, 0.29) is 34.8 Å². The zero-order chi connectivity index (χ0) is 33.6. The Labute approximate surface area is 264 Å². The molecule has 0 unspecified atom stereocenters. The summed E-state index contributed by atoms with van der Waals surface area (Å²) in [7, 11) is 0. The Morgan fingerprint density at radius 1 is 0.804 bits per heavy atom. The van der Waals surface area contributed by atoms with Crippen molar-refractivity contribution in [3.05, 3.63) is 58.7 Å². The first-order valence-corrected chi connectivity index (χ1v) is 14.9. The van der Waals surface area contributed by atoms with Crippen LogP contribution in [0.3, 0.4) is 0 Å². The molecule has 14 nitrogen and oxygen atoms in total. The molecule has 252 valence electrons. The van der Waals surface area contributed by atoms with Gasteiger partial charge in [0.05, 0.1) is 12.2 Å². The van der Waals surface area contributed by atoms with E-state index in [1.165, 1.54) is 38.1 Å². The molecule has 2 aromatic rings. The molecule has 2 aromatic carbocycles. The van der Waals surface area contributed by atoms with Crippen LogP contribution in [0.2, 0.25) is 0 Å². The van der Waals surface area contributed by atoms with Crippen molar-refractivity contribution in [2.45, 2.75) is 108 Å². The highest BCUT2D eigenvalue weighted by molar-refractivity contribution is 6.06. The number of aromatic hydroxyl groups is 3. The number of ether oxygens (including phenoxy) is 5. The summed E-state index contributed by atoms with van der Waals surface area (Å²) in [5.41, 5.74) is 1.26. The quantitative estimate of drug-likeness (QED) is 0.194. The van der Waals surface area contributed by atoms with Crippen LogP contribution in [0.4, 0.5) is 0 Å². The smallest absolute Gasteiger partial charge is 0.203 e. The number of aliphatic hydroxyl groups is 5. The molecular formula is C32H40O14. The highest BCUT2D eigenvalue weighted by Gasteiger charge is 2.52. The van der Waals surface area contributed by atoms with E-state index in [0.717, 1.165) is 11.6 Å². The van der Waals surface area contributed by atoms with Gasteiger partial charge >= 0.3 is 0 Å². The van der Waals surface area contributed by atoms with Crippen molar-refractivity contribution >= 4 is 5.78 Å². The first kappa shape index (κ1) is 34.0. The maximum absolute atomic E-state index is 14.2. The van der Waals surface area contributed by atoms with Gasteiger partial charge in [-0.05, 0) is 51.8 Å². The highest BCUT2D eigenvalue weighted by atomic mass is 16.8. The van der Waals surface area contributed by atoms with Crippen molar-refractivity contribution in [1.82, 2.24) is 0 Å². The summed E-state index contributed by atoms with van der Waals surface area (Å²) in [4.78, 5) is 14.2. The molecule has 3 aliphatic heterocycles. The molecule has 12 atom stereocenters. The Morgan fingerprint density at radius 3 is 2.04 bits per heavy atom. The average Bonchev–Trinajstić information content (AvgIpc) is 3.00. The molecule has 0 spiro atoms. The molecular weight excluding hydrogens is 608 g/mol. The Hall–Kier alpha value is -3.31. The molecule has 14 heteroatoms. The van der Waals surface area contributed by atoms with Crippen molar-refractivity contribution in [2.24, 2.45) is 0 Å². The van der Waals surface area contributed by atoms with Gasteiger partial charge in [0.15, 0.2) is 24.8 Å². The Bertz CT molecular complexity index is 1440. The Kier molecular flexibility index (Phi) is 9.94. The van der Waals surface area contributed by atoms with Crippen LogP contribution in [0.1, 0.15) is 55.3 Å². The van der Waals surface area contributed by atoms with E-state index in [9.17, 15) is 45.6 Å². The van der Waals surface area contributed by atoms with Crippen molar-refractivity contribution < 1.29 is 69.3 Å². The number of rotatable bonds is 7. The zero-order valence-corrected chi connectivity index (χ0v) is 25.6. The van der Waals surface area contributed by atoms with Crippen molar-refractivity contribution in [3.63, 3.8) is 0 Å². The van der Waals surface area contributed by atoms with Gasteiger partial charge in [0.1, 0.15) is 65.2 Å². The topological polar surface area (TPSA) is 225 Å². The number of fused-ring (bicyclic) bond motifs is 1. The van der Waals surface area contributed by atoms with Crippen molar-refractivity contribution in [2.75, 3.05) is 0 Å². The minimum atomic E-state index is -1.77. The predicted molar refractivity (Wildman–Crippen MR) is 157 cm³/mol. The van der Waals surface area contributed by atoms with E-state index in [1.54, 1.807) is 0 Å². The molecule has 0 radical (unpaired) electrons. The van der Waals surface area contributed by atoms with E-state index >= 15 is 0 Å². The van der Waals surface area contributed by atoms with Crippen molar-refractivity contribution in [3.8, 4) is 23.0 Å². The number of ketones is 1. The second kappa shape index (κ2) is 13.4. The summed E-state index contributed by atoms with van der Waals surface area (Å²) in [6.45, 7) is 6.59. The van der Waals surface area contributed by atoms with Crippen molar-refractivity contribution in [1.29, 1.82) is 0 Å². The Balaban J connectivity index is 1.54. The monoisotopic (exact) mass is 648 g/mol. The minimum absolute atomic E-state index is 0.0640. The van der Waals surface area contributed by atoms with Crippen LogP contribution in [-0.2, 0) is 25.4 Å². The number of phenolic OH excluding ortho intramolecular Hbond substituents is 3. The maximum atomic E-state index is 14.2.